The summed E-state index contributed by atoms with van der Waals surface area (Å²) < 4.78 is 5.42. The maximum atomic E-state index is 12.2. The maximum absolute atomic E-state index is 12.2. The Hall–Kier alpha value is -1.14. The number of likely N-dealkylation sites (tertiary alicyclic amines) is 1. The summed E-state index contributed by atoms with van der Waals surface area (Å²) in [5.41, 5.74) is 0. The highest BCUT2D eigenvalue weighted by atomic mass is 16.5. The minimum absolute atomic E-state index is 0.00488. The van der Waals surface area contributed by atoms with Crippen molar-refractivity contribution in [1.82, 2.24) is 10.2 Å². The molecule has 0 saturated carbocycles. The first-order valence-electron chi connectivity index (χ1n) is 7.53. The summed E-state index contributed by atoms with van der Waals surface area (Å²) in [7, 11) is 0. The molecule has 20 heavy (non-hydrogen) atoms. The molecule has 2 aliphatic heterocycles. The van der Waals surface area contributed by atoms with E-state index < -0.39 is 11.8 Å². The Morgan fingerprint density at radius 2 is 2.10 bits per heavy atom. The van der Waals surface area contributed by atoms with Crippen molar-refractivity contribution in [3.8, 4) is 0 Å². The number of nitrogens with zero attached hydrogens (tertiary/aromatic N) is 1. The third-order valence-electron chi connectivity index (χ3n) is 4.06. The van der Waals surface area contributed by atoms with Gasteiger partial charge < -0.3 is 20.1 Å². The van der Waals surface area contributed by atoms with Gasteiger partial charge in [0.25, 0.3) is 0 Å². The van der Waals surface area contributed by atoms with Crippen LogP contribution in [0.1, 0.15) is 38.5 Å². The van der Waals surface area contributed by atoms with Gasteiger partial charge in [0, 0.05) is 32.3 Å². The number of hydrogen-bond acceptors (Lipinski definition) is 4. The molecule has 0 spiro atoms. The number of aliphatic hydroxyl groups is 1. The van der Waals surface area contributed by atoms with Crippen molar-refractivity contribution in [2.24, 2.45) is 0 Å². The Balaban J connectivity index is 1.82. The number of hydrogen-bond donors (Lipinski definition) is 2. The zero-order valence-corrected chi connectivity index (χ0v) is 11.8. The molecule has 2 unspecified atom stereocenters. The number of carbonyl (C=O) groups excluding carboxylic acids is 2. The molecule has 2 aliphatic rings. The van der Waals surface area contributed by atoms with Crippen LogP contribution in [0.2, 0.25) is 0 Å². The fraction of sp³-hybridized carbons (Fsp3) is 0.857. The molecule has 0 bridgehead atoms. The van der Waals surface area contributed by atoms with E-state index >= 15 is 0 Å². The van der Waals surface area contributed by atoms with Gasteiger partial charge in [-0.05, 0) is 38.5 Å². The van der Waals surface area contributed by atoms with E-state index in [0.29, 0.717) is 19.5 Å². The smallest absolute Gasteiger partial charge is 0.312 e. The molecule has 2 N–H and O–H groups in total. The number of carbonyl (C=O) groups is 2. The van der Waals surface area contributed by atoms with Crippen molar-refractivity contribution in [3.63, 3.8) is 0 Å². The third-order valence-corrected chi connectivity index (χ3v) is 4.06. The molecule has 2 amide bonds. The van der Waals surface area contributed by atoms with Gasteiger partial charge in [-0.25, -0.2) is 0 Å². The zero-order valence-electron chi connectivity index (χ0n) is 11.8. The first-order chi connectivity index (χ1) is 9.72. The molecule has 2 atom stereocenters. The number of ether oxygens (including phenoxy) is 1. The van der Waals surface area contributed by atoms with E-state index in [9.17, 15) is 9.59 Å². The fourth-order valence-electron chi connectivity index (χ4n) is 2.93. The van der Waals surface area contributed by atoms with Crippen LogP contribution in [-0.4, -0.2) is 60.3 Å². The zero-order chi connectivity index (χ0) is 14.4. The molecule has 0 radical (unpaired) electrons. The van der Waals surface area contributed by atoms with E-state index in [-0.39, 0.29) is 18.8 Å². The maximum Gasteiger partial charge on any atom is 0.312 e. The molecular weight excluding hydrogens is 260 g/mol. The predicted octanol–water partition coefficient (Wildman–Crippen LogP) is 0.0451. The molecule has 0 aromatic carbocycles. The molecule has 0 aromatic rings. The molecule has 2 fully saturated rings. The number of amides is 2. The molecule has 2 saturated heterocycles. The SMILES string of the molecule is O=C(NCC1CCCO1)C(=O)N1CCCCC1CCO. The van der Waals surface area contributed by atoms with Crippen LogP contribution in [0.15, 0.2) is 0 Å². The summed E-state index contributed by atoms with van der Waals surface area (Å²) in [5, 5.41) is 11.7. The van der Waals surface area contributed by atoms with Crippen LogP contribution in [0.3, 0.4) is 0 Å². The van der Waals surface area contributed by atoms with Gasteiger partial charge in [0.1, 0.15) is 0 Å². The van der Waals surface area contributed by atoms with Crippen LogP contribution in [0.25, 0.3) is 0 Å². The van der Waals surface area contributed by atoms with Crippen LogP contribution < -0.4 is 5.32 Å². The summed E-state index contributed by atoms with van der Waals surface area (Å²) in [5.74, 6) is -1.02. The first-order valence-corrected chi connectivity index (χ1v) is 7.53. The van der Waals surface area contributed by atoms with Crippen LogP contribution in [0, 0.1) is 0 Å². The normalized spacial score (nSPS) is 26.6. The lowest BCUT2D eigenvalue weighted by atomic mass is 9.99. The van der Waals surface area contributed by atoms with Gasteiger partial charge in [0.05, 0.1) is 6.10 Å². The predicted molar refractivity (Wildman–Crippen MR) is 73.0 cm³/mol. The Kier molecular flexibility index (Phi) is 5.79. The Morgan fingerprint density at radius 1 is 1.25 bits per heavy atom. The van der Waals surface area contributed by atoms with Crippen molar-refractivity contribution in [2.45, 2.75) is 50.7 Å². The lowest BCUT2D eigenvalue weighted by Crippen LogP contribution is -2.51. The minimum Gasteiger partial charge on any atom is -0.396 e. The first kappa shape index (κ1) is 15.3. The number of piperidine rings is 1. The molecular formula is C14H24N2O4. The quantitative estimate of drug-likeness (QED) is 0.715. The summed E-state index contributed by atoms with van der Waals surface area (Å²) >= 11 is 0. The van der Waals surface area contributed by atoms with Gasteiger partial charge in [-0.2, -0.15) is 0 Å². The summed E-state index contributed by atoms with van der Waals surface area (Å²) in [6.45, 7) is 1.80. The molecule has 0 aromatic heterocycles. The van der Waals surface area contributed by atoms with Crippen molar-refractivity contribution >= 4 is 11.8 Å². The van der Waals surface area contributed by atoms with Crippen LogP contribution in [0.5, 0.6) is 0 Å². The Labute approximate surface area is 119 Å². The Morgan fingerprint density at radius 3 is 2.80 bits per heavy atom. The van der Waals surface area contributed by atoms with Crippen LogP contribution in [-0.2, 0) is 14.3 Å². The van der Waals surface area contributed by atoms with E-state index in [0.717, 1.165) is 38.7 Å². The second-order valence-electron chi connectivity index (χ2n) is 5.51. The third kappa shape index (κ3) is 3.93. The molecule has 0 aliphatic carbocycles. The highest BCUT2D eigenvalue weighted by molar-refractivity contribution is 6.35. The number of nitrogens with one attached hydrogen (secondary N) is 1. The van der Waals surface area contributed by atoms with E-state index in [1.165, 1.54) is 0 Å². The lowest BCUT2D eigenvalue weighted by Gasteiger charge is -2.35. The van der Waals surface area contributed by atoms with Gasteiger partial charge in [0.2, 0.25) is 0 Å². The fourth-order valence-corrected chi connectivity index (χ4v) is 2.93. The topological polar surface area (TPSA) is 78.9 Å². The highest BCUT2D eigenvalue weighted by Crippen LogP contribution is 2.19. The lowest BCUT2D eigenvalue weighted by molar-refractivity contribution is -0.148. The van der Waals surface area contributed by atoms with Gasteiger partial charge in [-0.3, -0.25) is 9.59 Å². The average molecular weight is 284 g/mol. The average Bonchev–Trinajstić information content (AvgIpc) is 2.98. The van der Waals surface area contributed by atoms with Crippen LogP contribution >= 0.6 is 0 Å². The molecule has 2 rings (SSSR count). The van der Waals surface area contributed by atoms with Gasteiger partial charge >= 0.3 is 11.8 Å². The van der Waals surface area contributed by atoms with Crippen molar-refractivity contribution in [1.29, 1.82) is 0 Å². The minimum atomic E-state index is -0.551. The second kappa shape index (κ2) is 7.59. The van der Waals surface area contributed by atoms with E-state index in [2.05, 4.69) is 5.32 Å². The van der Waals surface area contributed by atoms with E-state index in [1.807, 2.05) is 0 Å². The summed E-state index contributed by atoms with van der Waals surface area (Å²) in [6.07, 6.45) is 5.38. The number of rotatable bonds is 4. The van der Waals surface area contributed by atoms with Gasteiger partial charge in [-0.15, -0.1) is 0 Å². The monoisotopic (exact) mass is 284 g/mol. The van der Waals surface area contributed by atoms with Gasteiger partial charge in [0.15, 0.2) is 0 Å². The highest BCUT2D eigenvalue weighted by Gasteiger charge is 2.30. The Bertz CT molecular complexity index is 340. The molecule has 114 valence electrons. The second-order valence-corrected chi connectivity index (χ2v) is 5.51. The number of aliphatic hydroxyl groups excluding tert-OH is 1. The van der Waals surface area contributed by atoms with Crippen molar-refractivity contribution < 1.29 is 19.4 Å². The van der Waals surface area contributed by atoms with Gasteiger partial charge in [-0.1, -0.05) is 0 Å². The summed E-state index contributed by atoms with van der Waals surface area (Å²) in [4.78, 5) is 25.7. The van der Waals surface area contributed by atoms with Crippen LogP contribution in [0.4, 0.5) is 0 Å². The molecule has 2 heterocycles. The standard InChI is InChI=1S/C14H24N2O4/c17-8-6-11-4-1-2-7-16(11)14(19)13(18)15-10-12-5-3-9-20-12/h11-12,17H,1-10H2,(H,15,18). The molecule has 6 nitrogen and oxygen atoms in total. The summed E-state index contributed by atoms with van der Waals surface area (Å²) in [6, 6.07) is -0.00488. The van der Waals surface area contributed by atoms with E-state index in [4.69, 9.17) is 9.84 Å². The molecule has 6 heteroatoms. The van der Waals surface area contributed by atoms with Crippen molar-refractivity contribution in [3.05, 3.63) is 0 Å². The van der Waals surface area contributed by atoms with E-state index in [1.54, 1.807) is 4.90 Å². The van der Waals surface area contributed by atoms with Crippen molar-refractivity contribution in [2.75, 3.05) is 26.3 Å². The largest absolute Gasteiger partial charge is 0.396 e.